The fourth-order valence-electron chi connectivity index (χ4n) is 0.896. The van der Waals surface area contributed by atoms with Crippen LogP contribution in [0.15, 0.2) is 11.8 Å². The molecule has 4 nitrogen and oxygen atoms in total. The van der Waals surface area contributed by atoms with Crippen molar-refractivity contribution in [3.05, 3.63) is 11.8 Å². The highest BCUT2D eigenvalue weighted by molar-refractivity contribution is 6.17. The molecule has 0 aromatic rings. The molecule has 0 fully saturated rings. The average molecular weight is 199 g/mol. The van der Waals surface area contributed by atoms with Crippen molar-refractivity contribution >= 4 is 11.8 Å². The van der Waals surface area contributed by atoms with Crippen LogP contribution < -0.4 is 0 Å². The first-order valence-corrected chi connectivity index (χ1v) is 4.61. The first kappa shape index (κ1) is 12.7. The Hall–Kier alpha value is -1.32. The highest BCUT2D eigenvalue weighted by Crippen LogP contribution is 2.04. The predicted octanol–water partition coefficient (Wildman–Crippen LogP) is 0.974. The van der Waals surface area contributed by atoms with Gasteiger partial charge in [-0.3, -0.25) is 4.79 Å². The lowest BCUT2D eigenvalue weighted by atomic mass is 10.1. The monoisotopic (exact) mass is 199 g/mol. The molecule has 4 heteroatoms. The van der Waals surface area contributed by atoms with E-state index in [4.69, 9.17) is 4.74 Å². The Kier molecular flexibility index (Phi) is 5.60. The molecule has 80 valence electrons. The molecular formula is C10H17NO3. The second-order valence-corrected chi connectivity index (χ2v) is 3.00. The van der Waals surface area contributed by atoms with Gasteiger partial charge in [0.2, 0.25) is 0 Å². The van der Waals surface area contributed by atoms with Crippen LogP contribution in [0.25, 0.3) is 0 Å². The SMILES string of the molecule is CCOC(=O)C(=CN(C)C)C(=O)CC. The van der Waals surface area contributed by atoms with Gasteiger partial charge in [0, 0.05) is 26.7 Å². The number of carbonyl (C=O) groups excluding carboxylic acids is 2. The first-order valence-electron chi connectivity index (χ1n) is 4.61. The van der Waals surface area contributed by atoms with E-state index < -0.39 is 5.97 Å². The number of rotatable bonds is 5. The van der Waals surface area contributed by atoms with E-state index in [9.17, 15) is 9.59 Å². The molecule has 0 saturated heterocycles. The van der Waals surface area contributed by atoms with Crippen molar-refractivity contribution in [3.8, 4) is 0 Å². The summed E-state index contributed by atoms with van der Waals surface area (Å²) in [5, 5.41) is 0. The van der Waals surface area contributed by atoms with Crippen LogP contribution in [0, 0.1) is 0 Å². The number of hydrogen-bond acceptors (Lipinski definition) is 4. The molecule has 0 saturated carbocycles. The summed E-state index contributed by atoms with van der Waals surface area (Å²) in [5.74, 6) is -0.745. The third-order valence-corrected chi connectivity index (χ3v) is 1.50. The summed E-state index contributed by atoms with van der Waals surface area (Å²) in [6.07, 6.45) is 1.79. The lowest BCUT2D eigenvalue weighted by Crippen LogP contribution is -2.18. The molecule has 0 aliphatic rings. The maximum Gasteiger partial charge on any atom is 0.343 e. The van der Waals surface area contributed by atoms with E-state index in [-0.39, 0.29) is 18.0 Å². The molecule has 0 unspecified atom stereocenters. The molecule has 0 rings (SSSR count). The maximum absolute atomic E-state index is 11.4. The lowest BCUT2D eigenvalue weighted by Gasteiger charge is -2.09. The smallest absolute Gasteiger partial charge is 0.343 e. The summed E-state index contributed by atoms with van der Waals surface area (Å²) in [6, 6.07) is 0. The number of nitrogens with zero attached hydrogens (tertiary/aromatic N) is 1. The minimum absolute atomic E-state index is 0.111. The zero-order chi connectivity index (χ0) is 11.1. The number of carbonyl (C=O) groups is 2. The summed E-state index contributed by atoms with van der Waals surface area (Å²) in [7, 11) is 3.50. The Morgan fingerprint density at radius 3 is 2.21 bits per heavy atom. The van der Waals surface area contributed by atoms with Crippen molar-refractivity contribution in [2.24, 2.45) is 0 Å². The largest absolute Gasteiger partial charge is 0.462 e. The molecule has 0 heterocycles. The molecule has 14 heavy (non-hydrogen) atoms. The van der Waals surface area contributed by atoms with Gasteiger partial charge in [-0.1, -0.05) is 6.92 Å². The van der Waals surface area contributed by atoms with Gasteiger partial charge in [0.05, 0.1) is 6.61 Å². The van der Waals surface area contributed by atoms with Crippen molar-refractivity contribution in [2.45, 2.75) is 20.3 Å². The van der Waals surface area contributed by atoms with E-state index in [1.807, 2.05) is 0 Å². The molecular weight excluding hydrogens is 182 g/mol. The summed E-state index contributed by atoms with van der Waals surface area (Å²) >= 11 is 0. The van der Waals surface area contributed by atoms with Gasteiger partial charge in [0.25, 0.3) is 0 Å². The highest BCUT2D eigenvalue weighted by Gasteiger charge is 2.17. The summed E-state index contributed by atoms with van der Waals surface area (Å²) in [5.41, 5.74) is 0.111. The Labute approximate surface area is 84.5 Å². The van der Waals surface area contributed by atoms with Crippen LogP contribution in [0.3, 0.4) is 0 Å². The fraction of sp³-hybridized carbons (Fsp3) is 0.600. The lowest BCUT2D eigenvalue weighted by molar-refractivity contribution is -0.140. The molecule has 0 atom stereocenters. The molecule has 0 N–H and O–H groups in total. The van der Waals surface area contributed by atoms with E-state index >= 15 is 0 Å². The third-order valence-electron chi connectivity index (χ3n) is 1.50. The summed E-state index contributed by atoms with van der Waals surface area (Å²) < 4.78 is 4.77. The quantitative estimate of drug-likeness (QED) is 0.286. The van der Waals surface area contributed by atoms with Crippen LogP contribution in [-0.4, -0.2) is 37.4 Å². The topological polar surface area (TPSA) is 46.6 Å². The number of esters is 1. The van der Waals surface area contributed by atoms with Crippen LogP contribution in [0.1, 0.15) is 20.3 Å². The zero-order valence-electron chi connectivity index (χ0n) is 9.16. The minimum Gasteiger partial charge on any atom is -0.462 e. The standard InChI is InChI=1S/C10H17NO3/c1-5-9(12)8(7-11(3)4)10(13)14-6-2/h7H,5-6H2,1-4H3. The number of Topliss-reactive ketones (excluding diaryl/α,β-unsaturated/α-hetero) is 1. The molecule has 0 amide bonds. The number of ketones is 1. The van der Waals surface area contributed by atoms with E-state index in [2.05, 4.69) is 0 Å². The van der Waals surface area contributed by atoms with Gasteiger partial charge in [-0.05, 0) is 6.92 Å². The van der Waals surface area contributed by atoms with Crippen LogP contribution >= 0.6 is 0 Å². The van der Waals surface area contributed by atoms with Crippen molar-refractivity contribution in [3.63, 3.8) is 0 Å². The Bertz CT molecular complexity index is 244. The van der Waals surface area contributed by atoms with Crippen LogP contribution in [0.5, 0.6) is 0 Å². The van der Waals surface area contributed by atoms with Gasteiger partial charge in [-0.25, -0.2) is 4.79 Å². The van der Waals surface area contributed by atoms with Crippen molar-refractivity contribution in [1.82, 2.24) is 4.90 Å². The van der Waals surface area contributed by atoms with Crippen LogP contribution in [0.4, 0.5) is 0 Å². The molecule has 0 aromatic heterocycles. The van der Waals surface area contributed by atoms with Gasteiger partial charge in [0.15, 0.2) is 5.78 Å². The van der Waals surface area contributed by atoms with Gasteiger partial charge in [0.1, 0.15) is 5.57 Å². The van der Waals surface area contributed by atoms with Crippen LogP contribution in [0.2, 0.25) is 0 Å². The molecule has 0 spiro atoms. The normalized spacial score (nSPS) is 11.0. The highest BCUT2D eigenvalue weighted by atomic mass is 16.5. The van der Waals surface area contributed by atoms with Gasteiger partial charge < -0.3 is 9.64 Å². The van der Waals surface area contributed by atoms with Gasteiger partial charge in [-0.2, -0.15) is 0 Å². The van der Waals surface area contributed by atoms with Crippen molar-refractivity contribution < 1.29 is 14.3 Å². The maximum atomic E-state index is 11.4. The molecule has 0 radical (unpaired) electrons. The minimum atomic E-state index is -0.548. The zero-order valence-corrected chi connectivity index (χ0v) is 9.16. The Morgan fingerprint density at radius 2 is 1.86 bits per heavy atom. The molecule has 0 bridgehead atoms. The van der Waals surface area contributed by atoms with E-state index in [1.54, 1.807) is 32.8 Å². The van der Waals surface area contributed by atoms with E-state index in [0.717, 1.165) is 0 Å². The van der Waals surface area contributed by atoms with E-state index in [0.29, 0.717) is 6.42 Å². The fourth-order valence-corrected chi connectivity index (χ4v) is 0.896. The average Bonchev–Trinajstić information content (AvgIpc) is 2.13. The Balaban J connectivity index is 4.72. The Morgan fingerprint density at radius 1 is 1.29 bits per heavy atom. The first-order chi connectivity index (χ1) is 6.52. The van der Waals surface area contributed by atoms with Crippen molar-refractivity contribution in [2.75, 3.05) is 20.7 Å². The van der Waals surface area contributed by atoms with Crippen molar-refractivity contribution in [1.29, 1.82) is 0 Å². The predicted molar refractivity (Wildman–Crippen MR) is 53.7 cm³/mol. The third kappa shape index (κ3) is 4.07. The molecule has 0 aliphatic carbocycles. The van der Waals surface area contributed by atoms with Crippen LogP contribution in [-0.2, 0) is 14.3 Å². The molecule has 0 aliphatic heterocycles. The van der Waals surface area contributed by atoms with E-state index in [1.165, 1.54) is 6.20 Å². The van der Waals surface area contributed by atoms with Gasteiger partial charge in [-0.15, -0.1) is 0 Å². The number of hydrogen-bond donors (Lipinski definition) is 0. The second-order valence-electron chi connectivity index (χ2n) is 3.00. The van der Waals surface area contributed by atoms with Gasteiger partial charge >= 0.3 is 5.97 Å². The molecule has 0 aromatic carbocycles. The second kappa shape index (κ2) is 6.18. The number of ether oxygens (including phenoxy) is 1. The summed E-state index contributed by atoms with van der Waals surface area (Å²) in [4.78, 5) is 24.4. The summed E-state index contributed by atoms with van der Waals surface area (Å²) in [6.45, 7) is 3.70.